The molecular weight excluding hydrogens is 215 g/mol. The van der Waals surface area contributed by atoms with Crippen LogP contribution < -0.4 is 0 Å². The number of rotatable bonds is 8. The summed E-state index contributed by atoms with van der Waals surface area (Å²) in [7, 11) is -3.27. The zero-order chi connectivity index (χ0) is 11.9. The third-order valence-electron chi connectivity index (χ3n) is 2.04. The highest BCUT2D eigenvalue weighted by atomic mass is 31.2. The molecule has 90 valence electrons. The molecule has 0 aromatic heterocycles. The molecule has 15 heavy (non-hydrogen) atoms. The fourth-order valence-corrected chi connectivity index (χ4v) is 3.34. The molecule has 2 unspecified atom stereocenters. The molecule has 0 saturated carbocycles. The van der Waals surface area contributed by atoms with Gasteiger partial charge in [-0.2, -0.15) is 0 Å². The molecule has 0 bridgehead atoms. The predicted octanol–water partition coefficient (Wildman–Crippen LogP) is 2.58. The molecule has 0 rings (SSSR count). The van der Waals surface area contributed by atoms with Crippen LogP contribution in [0.25, 0.3) is 0 Å². The SMILES string of the molecule is C=CC(C(O)CC)P(=O)(OCC)OCC. The molecule has 4 nitrogen and oxygen atoms in total. The van der Waals surface area contributed by atoms with Crippen LogP contribution in [-0.2, 0) is 13.6 Å². The van der Waals surface area contributed by atoms with Gasteiger partial charge in [-0.1, -0.05) is 13.0 Å². The Hall–Kier alpha value is -0.150. The van der Waals surface area contributed by atoms with E-state index < -0.39 is 19.4 Å². The average molecular weight is 236 g/mol. The van der Waals surface area contributed by atoms with E-state index in [4.69, 9.17) is 9.05 Å². The second kappa shape index (κ2) is 7.18. The molecule has 0 aliphatic heterocycles. The molecule has 0 aliphatic rings. The lowest BCUT2D eigenvalue weighted by Gasteiger charge is -2.26. The zero-order valence-electron chi connectivity index (χ0n) is 9.68. The van der Waals surface area contributed by atoms with Crippen molar-refractivity contribution in [3.63, 3.8) is 0 Å². The van der Waals surface area contributed by atoms with Crippen LogP contribution in [0.5, 0.6) is 0 Å². The molecule has 0 aliphatic carbocycles. The van der Waals surface area contributed by atoms with Crippen molar-refractivity contribution in [2.75, 3.05) is 13.2 Å². The lowest BCUT2D eigenvalue weighted by atomic mass is 10.2. The second-order valence-electron chi connectivity index (χ2n) is 3.08. The summed E-state index contributed by atoms with van der Waals surface area (Å²) < 4.78 is 22.6. The van der Waals surface area contributed by atoms with Crippen LogP contribution in [0.4, 0.5) is 0 Å². The van der Waals surface area contributed by atoms with Crippen LogP contribution in [0.3, 0.4) is 0 Å². The molecule has 0 radical (unpaired) electrons. The minimum absolute atomic E-state index is 0.290. The fourth-order valence-electron chi connectivity index (χ4n) is 1.31. The Morgan fingerprint density at radius 2 is 1.80 bits per heavy atom. The summed E-state index contributed by atoms with van der Waals surface area (Å²) in [5.74, 6) is 0. The van der Waals surface area contributed by atoms with Gasteiger partial charge in [0.2, 0.25) is 0 Å². The standard InChI is InChI=1S/C10H21O4P/c1-5-9(11)10(6-2)15(12,13-7-3)14-8-4/h6,9-11H,2,5,7-8H2,1,3-4H3. The quantitative estimate of drug-likeness (QED) is 0.520. The first-order valence-electron chi connectivity index (χ1n) is 5.25. The van der Waals surface area contributed by atoms with Crippen molar-refractivity contribution in [2.24, 2.45) is 0 Å². The number of hydrogen-bond acceptors (Lipinski definition) is 4. The first-order valence-corrected chi connectivity index (χ1v) is 6.86. The van der Waals surface area contributed by atoms with Gasteiger partial charge in [0.05, 0.1) is 19.3 Å². The molecule has 0 amide bonds. The fraction of sp³-hybridized carbons (Fsp3) is 0.800. The lowest BCUT2D eigenvalue weighted by molar-refractivity contribution is 0.147. The van der Waals surface area contributed by atoms with Crippen LogP contribution in [0, 0.1) is 0 Å². The Balaban J connectivity index is 4.84. The maximum atomic E-state index is 12.3. The Morgan fingerprint density at radius 3 is 2.07 bits per heavy atom. The van der Waals surface area contributed by atoms with Crippen molar-refractivity contribution >= 4 is 7.60 Å². The summed E-state index contributed by atoms with van der Waals surface area (Å²) in [5, 5.41) is 9.70. The van der Waals surface area contributed by atoms with Crippen molar-refractivity contribution in [3.8, 4) is 0 Å². The van der Waals surface area contributed by atoms with Crippen molar-refractivity contribution in [2.45, 2.75) is 39.0 Å². The molecule has 0 saturated heterocycles. The minimum atomic E-state index is -3.27. The largest absolute Gasteiger partial charge is 0.392 e. The highest BCUT2D eigenvalue weighted by Crippen LogP contribution is 2.54. The van der Waals surface area contributed by atoms with E-state index in [1.807, 2.05) is 6.92 Å². The van der Waals surface area contributed by atoms with Crippen molar-refractivity contribution in [1.82, 2.24) is 0 Å². The second-order valence-corrected chi connectivity index (χ2v) is 5.27. The summed E-state index contributed by atoms with van der Waals surface area (Å²) in [6.07, 6.45) is 1.19. The minimum Gasteiger partial charge on any atom is -0.392 e. The van der Waals surface area contributed by atoms with Gasteiger partial charge in [0.25, 0.3) is 0 Å². The smallest absolute Gasteiger partial charge is 0.340 e. The Labute approximate surface area is 91.8 Å². The average Bonchev–Trinajstić information content (AvgIpc) is 2.19. The zero-order valence-corrected chi connectivity index (χ0v) is 10.6. The van der Waals surface area contributed by atoms with Gasteiger partial charge in [-0.25, -0.2) is 0 Å². The molecule has 5 heteroatoms. The van der Waals surface area contributed by atoms with E-state index in [-0.39, 0.29) is 13.2 Å². The Bertz CT molecular complexity index is 219. The van der Waals surface area contributed by atoms with E-state index in [9.17, 15) is 9.67 Å². The highest BCUT2D eigenvalue weighted by Gasteiger charge is 2.37. The number of aliphatic hydroxyl groups is 1. The summed E-state index contributed by atoms with van der Waals surface area (Å²) in [4.78, 5) is 0. The summed E-state index contributed by atoms with van der Waals surface area (Å²) in [6.45, 7) is 9.44. The van der Waals surface area contributed by atoms with Crippen LogP contribution >= 0.6 is 7.60 Å². The third-order valence-corrected chi connectivity index (χ3v) is 4.56. The molecular formula is C10H21O4P. The van der Waals surface area contributed by atoms with E-state index >= 15 is 0 Å². The first-order chi connectivity index (χ1) is 7.05. The third kappa shape index (κ3) is 4.07. The van der Waals surface area contributed by atoms with Gasteiger partial charge >= 0.3 is 7.60 Å². The maximum absolute atomic E-state index is 12.3. The van der Waals surface area contributed by atoms with Crippen molar-refractivity contribution in [1.29, 1.82) is 0 Å². The molecule has 0 spiro atoms. The van der Waals surface area contributed by atoms with E-state index in [1.54, 1.807) is 13.8 Å². The predicted molar refractivity (Wildman–Crippen MR) is 61.1 cm³/mol. The van der Waals surface area contributed by atoms with E-state index in [0.717, 1.165) is 0 Å². The number of hydrogen-bond donors (Lipinski definition) is 1. The first kappa shape index (κ1) is 14.8. The maximum Gasteiger partial charge on any atom is 0.340 e. The normalized spacial score (nSPS) is 16.0. The van der Waals surface area contributed by atoms with E-state index in [0.29, 0.717) is 6.42 Å². The molecule has 0 heterocycles. The van der Waals surface area contributed by atoms with Gasteiger partial charge in [0, 0.05) is 0 Å². The Kier molecular flexibility index (Phi) is 7.11. The Morgan fingerprint density at radius 1 is 1.33 bits per heavy atom. The topological polar surface area (TPSA) is 55.8 Å². The molecule has 1 N–H and O–H groups in total. The summed E-state index contributed by atoms with van der Waals surface area (Å²) in [6, 6.07) is 0. The highest BCUT2D eigenvalue weighted by molar-refractivity contribution is 7.55. The number of aliphatic hydroxyl groups excluding tert-OH is 1. The van der Waals surface area contributed by atoms with Crippen LogP contribution in [0.15, 0.2) is 12.7 Å². The molecule has 0 aromatic rings. The van der Waals surface area contributed by atoms with Gasteiger partial charge in [0.1, 0.15) is 5.66 Å². The van der Waals surface area contributed by atoms with Gasteiger partial charge in [-0.15, -0.1) is 6.58 Å². The van der Waals surface area contributed by atoms with Gasteiger partial charge in [-0.3, -0.25) is 4.57 Å². The van der Waals surface area contributed by atoms with Crippen molar-refractivity contribution in [3.05, 3.63) is 12.7 Å². The molecule has 0 fully saturated rings. The van der Waals surface area contributed by atoms with Crippen LogP contribution in [0.1, 0.15) is 27.2 Å². The van der Waals surface area contributed by atoms with E-state index in [1.165, 1.54) is 6.08 Å². The van der Waals surface area contributed by atoms with Gasteiger partial charge in [-0.05, 0) is 20.3 Å². The van der Waals surface area contributed by atoms with Gasteiger partial charge in [0.15, 0.2) is 0 Å². The summed E-state index contributed by atoms with van der Waals surface area (Å²) >= 11 is 0. The van der Waals surface area contributed by atoms with E-state index in [2.05, 4.69) is 6.58 Å². The molecule has 0 aromatic carbocycles. The van der Waals surface area contributed by atoms with Crippen molar-refractivity contribution < 1.29 is 18.7 Å². The molecule has 2 atom stereocenters. The van der Waals surface area contributed by atoms with Crippen LogP contribution in [-0.4, -0.2) is 30.1 Å². The lowest BCUT2D eigenvalue weighted by Crippen LogP contribution is -2.25. The van der Waals surface area contributed by atoms with Gasteiger partial charge < -0.3 is 14.2 Å². The monoisotopic (exact) mass is 236 g/mol. The van der Waals surface area contributed by atoms with Crippen LogP contribution in [0.2, 0.25) is 0 Å². The summed E-state index contributed by atoms with van der Waals surface area (Å²) in [5.41, 5.74) is -0.651.